The van der Waals surface area contributed by atoms with Crippen LogP contribution in [0.1, 0.15) is 27.7 Å². The molecule has 0 aliphatic rings. The number of nitrogens with zero attached hydrogens (tertiary/aromatic N) is 2. The zero-order chi connectivity index (χ0) is 28.6. The summed E-state index contributed by atoms with van der Waals surface area (Å²) in [7, 11) is 2.79. The number of hydrogen-bond donors (Lipinski definition) is 0. The lowest BCUT2D eigenvalue weighted by Gasteiger charge is -2.39. The van der Waals surface area contributed by atoms with E-state index in [1.165, 1.54) is 27.3 Å². The minimum Gasteiger partial charge on any atom is -0.430 e. The van der Waals surface area contributed by atoms with Crippen molar-refractivity contribution < 1.29 is 4.65 Å². The molecule has 0 unspecified atom stereocenters. The predicted octanol–water partition coefficient (Wildman–Crippen LogP) is 7.86. The number of benzene rings is 5. The van der Waals surface area contributed by atoms with E-state index in [0.29, 0.717) is 7.48 Å². The Hall–Kier alpha value is -4.21. The van der Waals surface area contributed by atoms with E-state index in [0.717, 1.165) is 22.7 Å². The van der Waals surface area contributed by atoms with Gasteiger partial charge in [-0.2, -0.15) is 0 Å². The third-order valence-corrected chi connectivity index (χ3v) is 8.54. The molecule has 0 aliphatic carbocycles. The van der Waals surface area contributed by atoms with Crippen molar-refractivity contribution in [1.29, 1.82) is 0 Å². The fourth-order valence-electron chi connectivity index (χ4n) is 5.27. The van der Waals surface area contributed by atoms with Crippen molar-refractivity contribution in [3.8, 4) is 5.69 Å². The molecule has 0 saturated carbocycles. The van der Waals surface area contributed by atoms with Gasteiger partial charge < -0.3 is 14.1 Å². The Morgan fingerprint density at radius 3 is 1.85 bits per heavy atom. The first-order valence-electron chi connectivity index (χ1n) is 14.4. The molecule has 6 rings (SSSR count). The van der Waals surface area contributed by atoms with Crippen LogP contribution in [0.25, 0.3) is 27.5 Å². The van der Waals surface area contributed by atoms with Gasteiger partial charge in [-0.15, -0.1) is 0 Å². The number of hydrogen-bond acceptors (Lipinski definition) is 2. The molecule has 5 aromatic carbocycles. The van der Waals surface area contributed by atoms with Crippen LogP contribution < -0.4 is 10.4 Å². The lowest BCUT2D eigenvalue weighted by molar-refractivity contribution is 0.0767. The molecule has 0 saturated heterocycles. The summed E-state index contributed by atoms with van der Waals surface area (Å²) in [4.78, 5) is 2.34. The Morgan fingerprint density at radius 1 is 0.634 bits per heavy atom. The fraction of sp³-hybridized carbons (Fsp3) is 0.167. The van der Waals surface area contributed by atoms with Crippen molar-refractivity contribution >= 4 is 59.7 Å². The molecule has 0 bridgehead atoms. The van der Waals surface area contributed by atoms with Gasteiger partial charge in [0.2, 0.25) is 0 Å². The van der Waals surface area contributed by atoms with Gasteiger partial charge >= 0.3 is 7.48 Å². The Kier molecular flexibility index (Phi) is 7.01. The number of aromatic nitrogens is 1. The molecule has 0 aliphatic heterocycles. The average molecular weight is 534 g/mol. The van der Waals surface area contributed by atoms with Crippen molar-refractivity contribution in [3.63, 3.8) is 0 Å². The van der Waals surface area contributed by atoms with Crippen molar-refractivity contribution in [1.82, 2.24) is 4.57 Å². The molecular weight excluding hydrogens is 498 g/mol. The smallest absolute Gasteiger partial charge is 0.309 e. The van der Waals surface area contributed by atoms with E-state index in [2.05, 4.69) is 172 Å². The van der Waals surface area contributed by atoms with Gasteiger partial charge in [0.05, 0.1) is 22.4 Å². The summed E-state index contributed by atoms with van der Waals surface area (Å²) in [5, 5.41) is 2.51. The zero-order valence-corrected chi connectivity index (χ0v) is 24.6. The van der Waals surface area contributed by atoms with Crippen LogP contribution in [0.4, 0.5) is 17.1 Å². The Bertz CT molecular complexity index is 1770. The first-order valence-corrected chi connectivity index (χ1v) is 14.4. The minimum atomic E-state index is -0.257. The summed E-state index contributed by atoms with van der Waals surface area (Å²) in [6, 6.07) is 45.4. The molecule has 6 aromatic rings. The first kappa shape index (κ1) is 27.0. The zero-order valence-electron chi connectivity index (χ0n) is 24.6. The van der Waals surface area contributed by atoms with Gasteiger partial charge in [0, 0.05) is 27.7 Å². The summed E-state index contributed by atoms with van der Waals surface area (Å²) in [5.41, 5.74) is 7.74. The quantitative estimate of drug-likeness (QED) is 0.185. The largest absolute Gasteiger partial charge is 0.430 e. The second-order valence-corrected chi connectivity index (χ2v) is 12.2. The molecule has 0 N–H and O–H groups in total. The number of anilines is 3. The van der Waals surface area contributed by atoms with E-state index in [1.54, 1.807) is 0 Å². The van der Waals surface area contributed by atoms with Gasteiger partial charge in [-0.25, -0.2) is 0 Å². The molecule has 3 nitrogen and oxygen atoms in total. The normalized spacial score (nSPS) is 12.1. The molecule has 0 spiro atoms. The van der Waals surface area contributed by atoms with Crippen LogP contribution in [0.3, 0.4) is 0 Å². The maximum atomic E-state index is 6.51. The second kappa shape index (κ2) is 10.6. The van der Waals surface area contributed by atoms with Gasteiger partial charge in [-0.1, -0.05) is 98.2 Å². The van der Waals surface area contributed by atoms with Crippen LogP contribution in [0, 0.1) is 0 Å². The number of para-hydroxylation sites is 5. The summed E-state index contributed by atoms with van der Waals surface area (Å²) in [5.74, 6) is 0. The summed E-state index contributed by atoms with van der Waals surface area (Å²) < 4.78 is 8.92. The second-order valence-electron chi connectivity index (χ2n) is 12.2. The van der Waals surface area contributed by atoms with Crippen LogP contribution in [0.2, 0.25) is 5.31 Å². The van der Waals surface area contributed by atoms with E-state index in [9.17, 15) is 0 Å². The Morgan fingerprint density at radius 2 is 1.20 bits per heavy atom. The van der Waals surface area contributed by atoms with Gasteiger partial charge in [-0.05, 0) is 67.7 Å². The summed E-state index contributed by atoms with van der Waals surface area (Å²) in [6.45, 7) is 8.83. The van der Waals surface area contributed by atoms with E-state index >= 15 is 0 Å². The lowest BCUT2D eigenvalue weighted by Crippen LogP contribution is -2.40. The molecule has 0 fully saturated rings. The molecule has 41 heavy (non-hydrogen) atoms. The summed E-state index contributed by atoms with van der Waals surface area (Å²) in [6.07, 6.45) is 0. The van der Waals surface area contributed by atoms with Gasteiger partial charge in [0.15, 0.2) is 0 Å². The molecule has 1 aromatic heterocycles. The topological polar surface area (TPSA) is 17.4 Å². The minimum absolute atomic E-state index is 0.0310. The van der Waals surface area contributed by atoms with Gasteiger partial charge in [0.1, 0.15) is 7.85 Å². The molecule has 5 heteroatoms. The molecule has 0 atom stereocenters. The summed E-state index contributed by atoms with van der Waals surface area (Å²) >= 11 is 0. The van der Waals surface area contributed by atoms with Crippen LogP contribution in [0.5, 0.6) is 0 Å². The highest BCUT2D eigenvalue weighted by Gasteiger charge is 2.33. The van der Waals surface area contributed by atoms with Gasteiger partial charge in [-0.3, -0.25) is 0 Å². The molecular formula is C36H36B2N2O. The first-order chi connectivity index (χ1) is 19.7. The van der Waals surface area contributed by atoms with Crippen LogP contribution in [0.15, 0.2) is 127 Å². The van der Waals surface area contributed by atoms with Crippen molar-refractivity contribution in [2.24, 2.45) is 0 Å². The van der Waals surface area contributed by atoms with E-state index < -0.39 is 0 Å². The van der Waals surface area contributed by atoms with Crippen LogP contribution in [-0.2, 0) is 4.65 Å². The van der Waals surface area contributed by atoms with Crippen LogP contribution >= 0.6 is 0 Å². The average Bonchev–Trinajstić information content (AvgIpc) is 3.31. The maximum absolute atomic E-state index is 6.51. The number of rotatable bonds is 8. The number of fused-ring (bicyclic) bond motifs is 3. The van der Waals surface area contributed by atoms with Crippen molar-refractivity contribution in [3.05, 3.63) is 127 Å². The van der Waals surface area contributed by atoms with Gasteiger partial charge in [0.25, 0.3) is 0 Å². The SMILES string of the molecule is BC(C)(C)C(C)(C)OBc1ccc2c3ccccc3n(-c3ccccc3N(c3ccccc3)c3ccccc3)c2c1. The highest BCUT2D eigenvalue weighted by molar-refractivity contribution is 6.47. The van der Waals surface area contributed by atoms with E-state index in [1.807, 2.05) is 0 Å². The highest BCUT2D eigenvalue weighted by atomic mass is 16.5. The molecule has 0 radical (unpaired) electrons. The van der Waals surface area contributed by atoms with E-state index in [4.69, 9.17) is 4.65 Å². The van der Waals surface area contributed by atoms with Crippen molar-refractivity contribution in [2.75, 3.05) is 4.90 Å². The predicted molar refractivity (Wildman–Crippen MR) is 180 cm³/mol. The van der Waals surface area contributed by atoms with Crippen molar-refractivity contribution in [2.45, 2.75) is 38.6 Å². The standard InChI is InChI=1S/C36H36B2N2O/c1-35(2,37)36(3,4)41-38-26-23-24-30-29-19-11-12-20-31(29)40(34(30)25-26)33-22-14-13-21-32(33)39(27-15-7-5-8-16-27)28-17-9-6-10-18-28/h5-25,38H,37H2,1-4H3. The fourth-order valence-corrected chi connectivity index (χ4v) is 5.27. The Balaban J connectivity index is 1.56. The molecule has 0 amide bonds. The highest BCUT2D eigenvalue weighted by Crippen LogP contribution is 2.41. The monoisotopic (exact) mass is 534 g/mol. The maximum Gasteiger partial charge on any atom is 0.309 e. The lowest BCUT2D eigenvalue weighted by atomic mass is 9.61. The molecule has 202 valence electrons. The Labute approximate surface area is 245 Å². The third kappa shape index (κ3) is 5.07. The molecule has 1 heterocycles. The van der Waals surface area contributed by atoms with E-state index in [-0.39, 0.29) is 10.9 Å². The van der Waals surface area contributed by atoms with Crippen LogP contribution in [-0.4, -0.2) is 25.5 Å². The third-order valence-electron chi connectivity index (χ3n) is 8.54.